The Morgan fingerprint density at radius 2 is 1.90 bits per heavy atom. The molecule has 4 heteroatoms. The first-order valence-corrected chi connectivity index (χ1v) is 7.16. The van der Waals surface area contributed by atoms with Crippen LogP contribution in [0.4, 0.5) is 0 Å². The molecule has 20 heavy (non-hydrogen) atoms. The first kappa shape index (κ1) is 14.6. The van der Waals surface area contributed by atoms with Gasteiger partial charge in [-0.05, 0) is 43.9 Å². The van der Waals surface area contributed by atoms with Gasteiger partial charge in [-0.2, -0.15) is 0 Å². The van der Waals surface area contributed by atoms with Gasteiger partial charge >= 0.3 is 5.97 Å². The number of hydrogen-bond donors (Lipinski definition) is 1. The van der Waals surface area contributed by atoms with Crippen molar-refractivity contribution in [1.29, 1.82) is 0 Å². The van der Waals surface area contributed by atoms with Gasteiger partial charge in [0.05, 0.1) is 12.0 Å². The van der Waals surface area contributed by atoms with E-state index in [1.54, 1.807) is 24.3 Å². The highest BCUT2D eigenvalue weighted by molar-refractivity contribution is 5.87. The number of carbonyl (C=O) groups is 2. The molecule has 0 radical (unpaired) electrons. The van der Waals surface area contributed by atoms with Crippen LogP contribution in [0.25, 0.3) is 0 Å². The quantitative estimate of drug-likeness (QED) is 0.919. The van der Waals surface area contributed by atoms with Crippen LogP contribution in [0.3, 0.4) is 0 Å². The van der Waals surface area contributed by atoms with Gasteiger partial charge in [-0.15, -0.1) is 0 Å². The van der Waals surface area contributed by atoms with Gasteiger partial charge < -0.3 is 10.0 Å². The Hall–Kier alpha value is -1.84. The number of carboxylic acid groups (broad SMARTS) is 1. The van der Waals surface area contributed by atoms with Crippen LogP contribution in [0, 0.1) is 0 Å². The van der Waals surface area contributed by atoms with Gasteiger partial charge in [0, 0.05) is 12.1 Å². The lowest BCUT2D eigenvalue weighted by Crippen LogP contribution is -2.40. The van der Waals surface area contributed by atoms with Crippen molar-refractivity contribution < 1.29 is 14.7 Å². The lowest BCUT2D eigenvalue weighted by Gasteiger charge is -2.28. The van der Waals surface area contributed by atoms with Crippen molar-refractivity contribution in [3.63, 3.8) is 0 Å². The molecular weight excluding hydrogens is 254 g/mol. The van der Waals surface area contributed by atoms with Crippen LogP contribution in [0.15, 0.2) is 24.3 Å². The number of amides is 1. The fourth-order valence-electron chi connectivity index (χ4n) is 2.95. The molecule has 1 amide bonds. The van der Waals surface area contributed by atoms with Crippen molar-refractivity contribution in [2.75, 3.05) is 0 Å². The summed E-state index contributed by atoms with van der Waals surface area (Å²) in [5.74, 6) is -0.799. The number of rotatable bonds is 4. The Morgan fingerprint density at radius 3 is 2.45 bits per heavy atom. The van der Waals surface area contributed by atoms with Gasteiger partial charge in [0.25, 0.3) is 0 Å². The summed E-state index contributed by atoms with van der Waals surface area (Å²) in [5, 5.41) is 8.86. The normalized spacial score (nSPS) is 22.0. The predicted octanol–water partition coefficient (Wildman–Crippen LogP) is 2.72. The zero-order chi connectivity index (χ0) is 14.7. The summed E-state index contributed by atoms with van der Waals surface area (Å²) in [6, 6.07) is 7.22. The largest absolute Gasteiger partial charge is 0.478 e. The molecule has 0 spiro atoms. The first-order chi connectivity index (χ1) is 9.52. The molecule has 2 atom stereocenters. The number of hydrogen-bond acceptors (Lipinski definition) is 2. The van der Waals surface area contributed by atoms with Crippen molar-refractivity contribution in [2.45, 2.75) is 51.6 Å². The molecule has 0 bridgehead atoms. The minimum Gasteiger partial charge on any atom is -0.478 e. The maximum atomic E-state index is 12.4. The standard InChI is InChI=1S/C16H21NO3/c1-3-14-9-4-11(2)17(14)15(18)10-12-5-7-13(8-6-12)16(19)20/h5-8,11,14H,3-4,9-10H2,1-2H3,(H,19,20). The average molecular weight is 275 g/mol. The van der Waals surface area contributed by atoms with Crippen LogP contribution in [-0.2, 0) is 11.2 Å². The summed E-state index contributed by atoms with van der Waals surface area (Å²) in [6.45, 7) is 4.21. The number of aromatic carboxylic acids is 1. The van der Waals surface area contributed by atoms with E-state index < -0.39 is 5.97 Å². The van der Waals surface area contributed by atoms with Crippen molar-refractivity contribution in [1.82, 2.24) is 4.90 Å². The zero-order valence-electron chi connectivity index (χ0n) is 12.0. The monoisotopic (exact) mass is 275 g/mol. The van der Waals surface area contributed by atoms with E-state index in [1.807, 2.05) is 4.90 Å². The van der Waals surface area contributed by atoms with Gasteiger partial charge in [0.1, 0.15) is 0 Å². The molecule has 2 unspecified atom stereocenters. The van der Waals surface area contributed by atoms with Crippen molar-refractivity contribution >= 4 is 11.9 Å². The molecule has 108 valence electrons. The van der Waals surface area contributed by atoms with E-state index >= 15 is 0 Å². The number of carbonyl (C=O) groups excluding carboxylic acids is 1. The van der Waals surface area contributed by atoms with Crippen molar-refractivity contribution in [3.8, 4) is 0 Å². The van der Waals surface area contributed by atoms with E-state index in [-0.39, 0.29) is 11.5 Å². The predicted molar refractivity (Wildman–Crippen MR) is 76.7 cm³/mol. The fraction of sp³-hybridized carbons (Fsp3) is 0.500. The second-order valence-electron chi connectivity index (χ2n) is 5.47. The van der Waals surface area contributed by atoms with Crippen LogP contribution in [-0.4, -0.2) is 34.0 Å². The molecule has 1 saturated heterocycles. The zero-order valence-corrected chi connectivity index (χ0v) is 12.0. The summed E-state index contributed by atoms with van der Waals surface area (Å²) in [7, 11) is 0. The summed E-state index contributed by atoms with van der Waals surface area (Å²) in [5.41, 5.74) is 1.12. The maximum Gasteiger partial charge on any atom is 0.335 e. The van der Waals surface area contributed by atoms with E-state index in [0.717, 1.165) is 24.8 Å². The Bertz CT molecular complexity index is 495. The number of nitrogens with zero attached hydrogens (tertiary/aromatic N) is 1. The second-order valence-corrected chi connectivity index (χ2v) is 5.47. The molecule has 1 aromatic rings. The van der Waals surface area contributed by atoms with E-state index in [1.165, 1.54) is 0 Å². The molecule has 0 saturated carbocycles. The van der Waals surface area contributed by atoms with Gasteiger partial charge in [-0.25, -0.2) is 4.79 Å². The number of carboxylic acids is 1. The molecule has 1 aliphatic rings. The maximum absolute atomic E-state index is 12.4. The fourth-order valence-corrected chi connectivity index (χ4v) is 2.95. The molecule has 0 aromatic heterocycles. The van der Waals surface area contributed by atoms with Gasteiger partial charge in [-0.1, -0.05) is 19.1 Å². The Kier molecular flexibility index (Phi) is 4.42. The number of likely N-dealkylation sites (tertiary alicyclic amines) is 1. The minimum absolute atomic E-state index is 0.143. The summed E-state index contributed by atoms with van der Waals surface area (Å²) in [6.07, 6.45) is 3.50. The smallest absolute Gasteiger partial charge is 0.335 e. The van der Waals surface area contributed by atoms with E-state index in [9.17, 15) is 9.59 Å². The highest BCUT2D eigenvalue weighted by Crippen LogP contribution is 2.26. The second kappa shape index (κ2) is 6.07. The van der Waals surface area contributed by atoms with Gasteiger partial charge in [-0.3, -0.25) is 4.79 Å². The van der Waals surface area contributed by atoms with Gasteiger partial charge in [0.2, 0.25) is 5.91 Å². The molecule has 4 nitrogen and oxygen atoms in total. The summed E-state index contributed by atoms with van der Waals surface area (Å²) < 4.78 is 0. The Labute approximate surface area is 119 Å². The van der Waals surface area contributed by atoms with Crippen LogP contribution in [0.5, 0.6) is 0 Å². The summed E-state index contributed by atoms with van der Waals surface area (Å²) >= 11 is 0. The van der Waals surface area contributed by atoms with Crippen LogP contribution in [0.2, 0.25) is 0 Å². The molecule has 1 N–H and O–H groups in total. The molecule has 1 heterocycles. The molecule has 1 aliphatic heterocycles. The third-order valence-electron chi connectivity index (χ3n) is 4.10. The van der Waals surface area contributed by atoms with E-state index in [0.29, 0.717) is 18.5 Å². The first-order valence-electron chi connectivity index (χ1n) is 7.16. The third-order valence-corrected chi connectivity index (χ3v) is 4.10. The van der Waals surface area contributed by atoms with E-state index in [2.05, 4.69) is 13.8 Å². The minimum atomic E-state index is -0.943. The van der Waals surface area contributed by atoms with Gasteiger partial charge in [0.15, 0.2) is 0 Å². The van der Waals surface area contributed by atoms with Crippen LogP contribution in [0.1, 0.15) is 49.0 Å². The third kappa shape index (κ3) is 3.00. The average Bonchev–Trinajstić information content (AvgIpc) is 2.80. The molecule has 0 aliphatic carbocycles. The Balaban J connectivity index is 2.05. The highest BCUT2D eigenvalue weighted by Gasteiger charge is 2.32. The Morgan fingerprint density at radius 1 is 1.25 bits per heavy atom. The molecule has 1 fully saturated rings. The van der Waals surface area contributed by atoms with Crippen molar-refractivity contribution in [2.24, 2.45) is 0 Å². The highest BCUT2D eigenvalue weighted by atomic mass is 16.4. The van der Waals surface area contributed by atoms with E-state index in [4.69, 9.17) is 5.11 Å². The van der Waals surface area contributed by atoms with Crippen LogP contribution < -0.4 is 0 Å². The topological polar surface area (TPSA) is 57.6 Å². The molecular formula is C16H21NO3. The lowest BCUT2D eigenvalue weighted by atomic mass is 10.1. The molecule has 2 rings (SSSR count). The lowest BCUT2D eigenvalue weighted by molar-refractivity contribution is -0.133. The summed E-state index contributed by atoms with van der Waals surface area (Å²) in [4.78, 5) is 25.2. The van der Waals surface area contributed by atoms with Crippen LogP contribution >= 0.6 is 0 Å². The SMILES string of the molecule is CCC1CCC(C)N1C(=O)Cc1ccc(C(=O)O)cc1. The van der Waals surface area contributed by atoms with Crippen molar-refractivity contribution in [3.05, 3.63) is 35.4 Å². The number of benzene rings is 1. The molecule has 1 aromatic carbocycles.